The van der Waals surface area contributed by atoms with Gasteiger partial charge in [-0.15, -0.1) is 0 Å². The topological polar surface area (TPSA) is 35.2 Å². The normalized spacial score (nSPS) is 20.8. The van der Waals surface area contributed by atoms with Gasteiger partial charge in [0, 0.05) is 6.04 Å². The summed E-state index contributed by atoms with van der Waals surface area (Å²) in [6.45, 7) is 4.79. The van der Waals surface area contributed by atoms with Crippen LogP contribution in [0.1, 0.15) is 50.2 Å². The van der Waals surface area contributed by atoms with Crippen molar-refractivity contribution in [3.63, 3.8) is 0 Å². The third kappa shape index (κ3) is 3.56. The van der Waals surface area contributed by atoms with Gasteiger partial charge in [0.25, 0.3) is 0 Å². The zero-order valence-corrected chi connectivity index (χ0v) is 11.6. The monoisotopic (exact) mass is 247 g/mol. The predicted molar refractivity (Wildman–Crippen MR) is 75.8 cm³/mol. The van der Waals surface area contributed by atoms with Gasteiger partial charge in [0.2, 0.25) is 0 Å². The Balaban J connectivity index is 1.94. The molecular formula is C16H25NO. The summed E-state index contributed by atoms with van der Waals surface area (Å²) in [5, 5.41) is 0. The summed E-state index contributed by atoms with van der Waals surface area (Å²) in [6.07, 6.45) is 5.11. The van der Waals surface area contributed by atoms with E-state index in [1.54, 1.807) is 0 Å². The van der Waals surface area contributed by atoms with Crippen molar-refractivity contribution in [1.29, 1.82) is 0 Å². The Bertz CT molecular complexity index is 375. The van der Waals surface area contributed by atoms with E-state index >= 15 is 0 Å². The Morgan fingerprint density at radius 3 is 2.89 bits per heavy atom. The maximum absolute atomic E-state index is 6.18. The molecule has 0 aliphatic heterocycles. The molecule has 0 saturated carbocycles. The largest absolute Gasteiger partial charge is 0.377 e. The van der Waals surface area contributed by atoms with Crippen LogP contribution in [-0.2, 0) is 11.2 Å². The molecule has 0 heterocycles. The van der Waals surface area contributed by atoms with E-state index < -0.39 is 0 Å². The average Bonchev–Trinajstić information content (AvgIpc) is 2.37. The molecule has 0 saturated heterocycles. The van der Waals surface area contributed by atoms with Gasteiger partial charge in [0.1, 0.15) is 0 Å². The van der Waals surface area contributed by atoms with Crippen molar-refractivity contribution in [3.05, 3.63) is 35.4 Å². The minimum absolute atomic E-state index is 0.156. The molecule has 2 N–H and O–H groups in total. The number of ether oxygens (including phenoxy) is 1. The SMILES string of the molecule is CC(C)OCC(N)CC1CCCc2ccccc21. The first-order valence-corrected chi connectivity index (χ1v) is 7.11. The molecular weight excluding hydrogens is 222 g/mol. The van der Waals surface area contributed by atoms with Crippen molar-refractivity contribution in [1.82, 2.24) is 0 Å². The number of benzene rings is 1. The summed E-state index contributed by atoms with van der Waals surface area (Å²) in [5.74, 6) is 0.626. The molecule has 18 heavy (non-hydrogen) atoms. The minimum Gasteiger partial charge on any atom is -0.377 e. The molecule has 2 heteroatoms. The van der Waals surface area contributed by atoms with Crippen LogP contribution >= 0.6 is 0 Å². The molecule has 0 fully saturated rings. The van der Waals surface area contributed by atoms with Gasteiger partial charge in [0.05, 0.1) is 12.7 Å². The molecule has 2 atom stereocenters. The first-order valence-electron chi connectivity index (χ1n) is 7.11. The maximum Gasteiger partial charge on any atom is 0.0621 e. The fraction of sp³-hybridized carbons (Fsp3) is 0.625. The molecule has 2 rings (SSSR count). The van der Waals surface area contributed by atoms with Crippen LogP contribution in [-0.4, -0.2) is 18.8 Å². The van der Waals surface area contributed by atoms with E-state index in [0.29, 0.717) is 12.5 Å². The lowest BCUT2D eigenvalue weighted by molar-refractivity contribution is 0.0653. The van der Waals surface area contributed by atoms with Crippen LogP contribution in [0, 0.1) is 0 Å². The molecule has 0 radical (unpaired) electrons. The van der Waals surface area contributed by atoms with Crippen LogP contribution in [0.4, 0.5) is 0 Å². The van der Waals surface area contributed by atoms with Crippen LogP contribution in [0.25, 0.3) is 0 Å². The van der Waals surface area contributed by atoms with E-state index in [0.717, 1.165) is 6.42 Å². The first kappa shape index (κ1) is 13.6. The maximum atomic E-state index is 6.18. The highest BCUT2D eigenvalue weighted by atomic mass is 16.5. The van der Waals surface area contributed by atoms with Crippen molar-refractivity contribution in [3.8, 4) is 0 Å². The van der Waals surface area contributed by atoms with Gasteiger partial charge in [-0.1, -0.05) is 24.3 Å². The molecule has 1 aliphatic carbocycles. The highest BCUT2D eigenvalue weighted by Gasteiger charge is 2.21. The van der Waals surface area contributed by atoms with Gasteiger partial charge < -0.3 is 10.5 Å². The molecule has 2 nitrogen and oxygen atoms in total. The smallest absolute Gasteiger partial charge is 0.0621 e. The lowest BCUT2D eigenvalue weighted by Gasteiger charge is -2.27. The summed E-state index contributed by atoms with van der Waals surface area (Å²) in [6, 6.07) is 8.98. The zero-order chi connectivity index (χ0) is 13.0. The number of fused-ring (bicyclic) bond motifs is 1. The Morgan fingerprint density at radius 1 is 1.33 bits per heavy atom. The van der Waals surface area contributed by atoms with Gasteiger partial charge >= 0.3 is 0 Å². The Morgan fingerprint density at radius 2 is 2.11 bits per heavy atom. The number of hydrogen-bond acceptors (Lipinski definition) is 2. The number of aryl methyl sites for hydroxylation is 1. The zero-order valence-electron chi connectivity index (χ0n) is 11.6. The molecule has 1 aromatic rings. The fourth-order valence-electron chi connectivity index (χ4n) is 2.85. The van der Waals surface area contributed by atoms with E-state index in [9.17, 15) is 0 Å². The standard InChI is InChI=1S/C16H25NO/c1-12(2)18-11-15(17)10-14-8-5-7-13-6-3-4-9-16(13)14/h3-4,6,9,12,14-15H,5,7-8,10-11,17H2,1-2H3. The lowest BCUT2D eigenvalue weighted by atomic mass is 9.80. The van der Waals surface area contributed by atoms with Crippen LogP contribution in [0.3, 0.4) is 0 Å². The van der Waals surface area contributed by atoms with Crippen molar-refractivity contribution in [2.75, 3.05) is 6.61 Å². The summed E-state index contributed by atoms with van der Waals surface area (Å²) in [5.41, 5.74) is 9.22. The quantitative estimate of drug-likeness (QED) is 0.867. The van der Waals surface area contributed by atoms with Gasteiger partial charge in [-0.25, -0.2) is 0 Å². The summed E-state index contributed by atoms with van der Waals surface area (Å²) < 4.78 is 5.61. The molecule has 1 aromatic carbocycles. The first-order chi connectivity index (χ1) is 8.66. The Labute approximate surface area is 111 Å². The van der Waals surface area contributed by atoms with Gasteiger partial charge in [-0.05, 0) is 56.6 Å². The number of rotatable bonds is 5. The molecule has 0 spiro atoms. The van der Waals surface area contributed by atoms with Crippen molar-refractivity contribution in [2.24, 2.45) is 5.73 Å². The number of nitrogens with two attached hydrogens (primary N) is 1. The van der Waals surface area contributed by atoms with Crippen LogP contribution in [0.5, 0.6) is 0 Å². The van der Waals surface area contributed by atoms with Crippen LogP contribution < -0.4 is 5.73 Å². The van der Waals surface area contributed by atoms with E-state index in [4.69, 9.17) is 10.5 Å². The van der Waals surface area contributed by atoms with Crippen molar-refractivity contribution < 1.29 is 4.74 Å². The molecule has 1 aliphatic rings. The van der Waals surface area contributed by atoms with Gasteiger partial charge in [-0.3, -0.25) is 0 Å². The fourth-order valence-corrected chi connectivity index (χ4v) is 2.85. The third-order valence-corrected chi connectivity index (χ3v) is 3.72. The van der Waals surface area contributed by atoms with E-state index in [2.05, 4.69) is 38.1 Å². The Hall–Kier alpha value is -0.860. The highest BCUT2D eigenvalue weighted by molar-refractivity contribution is 5.32. The molecule has 2 unspecified atom stereocenters. The predicted octanol–water partition coefficient (Wildman–Crippen LogP) is 3.25. The Kier molecular flexibility index (Phi) is 4.79. The minimum atomic E-state index is 0.156. The van der Waals surface area contributed by atoms with E-state index in [1.165, 1.54) is 30.4 Å². The van der Waals surface area contributed by atoms with Crippen LogP contribution in [0.2, 0.25) is 0 Å². The van der Waals surface area contributed by atoms with Crippen LogP contribution in [0.15, 0.2) is 24.3 Å². The number of hydrogen-bond donors (Lipinski definition) is 1. The lowest BCUT2D eigenvalue weighted by Crippen LogP contribution is -2.30. The third-order valence-electron chi connectivity index (χ3n) is 3.72. The summed E-state index contributed by atoms with van der Waals surface area (Å²) in [4.78, 5) is 0. The van der Waals surface area contributed by atoms with E-state index in [-0.39, 0.29) is 12.1 Å². The van der Waals surface area contributed by atoms with E-state index in [1.807, 2.05) is 0 Å². The second kappa shape index (κ2) is 6.35. The summed E-state index contributed by atoms with van der Waals surface area (Å²) in [7, 11) is 0. The second-order valence-electron chi connectivity index (χ2n) is 5.67. The van der Waals surface area contributed by atoms with Gasteiger partial charge in [-0.2, -0.15) is 0 Å². The molecule has 0 aromatic heterocycles. The molecule has 100 valence electrons. The van der Waals surface area contributed by atoms with Crippen molar-refractivity contribution >= 4 is 0 Å². The second-order valence-corrected chi connectivity index (χ2v) is 5.67. The average molecular weight is 247 g/mol. The van der Waals surface area contributed by atoms with Crippen molar-refractivity contribution in [2.45, 2.75) is 57.6 Å². The van der Waals surface area contributed by atoms with Gasteiger partial charge in [0.15, 0.2) is 0 Å². The molecule has 0 amide bonds. The molecule has 0 bridgehead atoms. The summed E-state index contributed by atoms with van der Waals surface area (Å²) >= 11 is 0. The highest BCUT2D eigenvalue weighted by Crippen LogP contribution is 2.34.